The van der Waals surface area contributed by atoms with Crippen LogP contribution in [0.4, 0.5) is 0 Å². The molecule has 0 aromatic carbocycles. The molecule has 8 aromatic rings. The van der Waals surface area contributed by atoms with E-state index in [-0.39, 0.29) is 0 Å². The zero-order valence-electron chi connectivity index (χ0n) is 47.1. The zero-order chi connectivity index (χ0) is 51.0. The van der Waals surface area contributed by atoms with Gasteiger partial charge >= 0.3 is 0 Å². The first kappa shape index (κ1) is 58.2. The van der Waals surface area contributed by atoms with Gasteiger partial charge in [-0.25, -0.2) is 0 Å². The fraction of sp³-hybridized carbons (Fsp3) is 0.683. The van der Waals surface area contributed by atoms with Gasteiger partial charge in [-0.1, -0.05) is 223 Å². The Morgan fingerprint density at radius 1 is 0.375 bits per heavy atom. The minimum absolute atomic E-state index is 0.632. The summed E-state index contributed by atoms with van der Waals surface area (Å²) < 4.78 is 19.8. The summed E-state index contributed by atoms with van der Waals surface area (Å²) in [6.07, 6.45) is 38.8. The predicted molar refractivity (Wildman–Crippen MR) is 342 cm³/mol. The normalized spacial score (nSPS) is 12.8. The van der Waals surface area contributed by atoms with Gasteiger partial charge in [-0.15, -0.1) is 68.0 Å². The molecular weight excluding hydrogens is 1010 g/mol. The summed E-state index contributed by atoms with van der Waals surface area (Å²) in [4.78, 5) is 0. The summed E-state index contributed by atoms with van der Waals surface area (Å²) in [6.45, 7) is 24.4. The van der Waals surface area contributed by atoms with Crippen LogP contribution in [0.2, 0.25) is 16.6 Å². The van der Waals surface area contributed by atoms with E-state index in [0.29, 0.717) is 12.1 Å². The lowest BCUT2D eigenvalue weighted by molar-refractivity contribution is 0.410. The average molecular weight is 1100 g/mol. The minimum atomic E-state index is -1.66. The van der Waals surface area contributed by atoms with Crippen LogP contribution in [-0.4, -0.2) is 17.2 Å². The first-order valence-corrected chi connectivity index (χ1v) is 37.3. The van der Waals surface area contributed by atoms with Crippen molar-refractivity contribution >= 4 is 140 Å². The molecule has 72 heavy (non-hydrogen) atoms. The molecule has 0 N–H and O–H groups in total. The first-order chi connectivity index (χ1) is 35.1. The van der Waals surface area contributed by atoms with Crippen LogP contribution in [0.1, 0.15) is 261 Å². The maximum absolute atomic E-state index is 2.88. The van der Waals surface area contributed by atoms with Gasteiger partial charge in [0.1, 0.15) is 8.07 Å². The van der Waals surface area contributed by atoms with Crippen LogP contribution in [0.5, 0.6) is 0 Å². The van der Waals surface area contributed by atoms with Crippen molar-refractivity contribution in [3.63, 3.8) is 0 Å². The van der Waals surface area contributed by atoms with E-state index in [9.17, 15) is 0 Å². The fourth-order valence-electron chi connectivity index (χ4n) is 13.3. The molecule has 400 valence electrons. The summed E-state index contributed by atoms with van der Waals surface area (Å²) in [5, 5.41) is 6.93. The van der Waals surface area contributed by atoms with Gasteiger partial charge in [0.25, 0.3) is 0 Å². The van der Waals surface area contributed by atoms with Gasteiger partial charge in [0.2, 0.25) is 0 Å². The molecular formula is C63H98N2S6Si. The van der Waals surface area contributed by atoms with Gasteiger partial charge in [-0.2, -0.15) is 0 Å². The number of nitrogens with zero attached hydrogens (tertiary/aromatic N) is 2. The number of hydrogen-bond acceptors (Lipinski definition) is 6. The second-order valence-corrected chi connectivity index (χ2v) is 35.1. The lowest BCUT2D eigenvalue weighted by Gasteiger charge is -2.42. The maximum Gasteiger partial charge on any atom is 0.107 e. The first-order valence-electron chi connectivity index (χ1n) is 29.9. The fourth-order valence-corrected chi connectivity index (χ4v) is 29.4. The quantitative estimate of drug-likeness (QED) is 0.0281. The highest BCUT2D eigenvalue weighted by atomic mass is 32.1. The van der Waals surface area contributed by atoms with E-state index in [4.69, 9.17) is 0 Å². The second-order valence-electron chi connectivity index (χ2n) is 22.9. The Bertz CT molecular complexity index is 2700. The maximum atomic E-state index is 2.88. The SMILES string of the molecule is CCCCCCCCC(CCCCCCCC)n1c2ccsc2c2sc3cc([Si](C(C)C)(C(C)C)C(C)C)sc3c21.CCCCCCCCC(CCCCCCCC)n1c2ccsc2c2sc3ccsc3c21. The van der Waals surface area contributed by atoms with Gasteiger partial charge in [0, 0.05) is 21.5 Å². The summed E-state index contributed by atoms with van der Waals surface area (Å²) >= 11 is 12.2. The smallest absolute Gasteiger partial charge is 0.107 e. The summed E-state index contributed by atoms with van der Waals surface area (Å²) in [7, 11) is -1.66. The van der Waals surface area contributed by atoms with Gasteiger partial charge < -0.3 is 9.13 Å². The summed E-state index contributed by atoms with van der Waals surface area (Å²) in [6, 6.07) is 11.1. The molecule has 0 radical (unpaired) electrons. The van der Waals surface area contributed by atoms with Crippen molar-refractivity contribution in [2.45, 2.75) is 278 Å². The molecule has 8 rings (SSSR count). The van der Waals surface area contributed by atoms with Crippen molar-refractivity contribution in [3.8, 4) is 0 Å². The molecule has 2 nitrogen and oxygen atoms in total. The van der Waals surface area contributed by atoms with Crippen LogP contribution < -0.4 is 4.50 Å². The Hall–Kier alpha value is -1.46. The monoisotopic (exact) mass is 1100 g/mol. The number of rotatable bonds is 34. The molecule has 0 saturated heterocycles. The van der Waals surface area contributed by atoms with E-state index in [1.54, 1.807) is 39.0 Å². The van der Waals surface area contributed by atoms with Crippen molar-refractivity contribution < 1.29 is 0 Å². The van der Waals surface area contributed by atoms with E-state index in [2.05, 4.69) is 141 Å². The zero-order valence-corrected chi connectivity index (χ0v) is 53.0. The van der Waals surface area contributed by atoms with E-state index in [0.717, 1.165) is 16.6 Å². The lowest BCUT2D eigenvalue weighted by Crippen LogP contribution is -2.54. The molecule has 0 fully saturated rings. The molecule has 0 amide bonds. The molecule has 8 aromatic heterocycles. The molecule has 0 saturated carbocycles. The largest absolute Gasteiger partial charge is 0.335 e. The number of unbranched alkanes of at least 4 members (excludes halogenated alkanes) is 20. The number of thiophene rings is 6. The molecule has 0 atom stereocenters. The third-order valence-corrected chi connectivity index (χ3v) is 31.5. The molecule has 0 spiro atoms. The highest BCUT2D eigenvalue weighted by Crippen LogP contribution is 2.51. The van der Waals surface area contributed by atoms with Gasteiger partial charge in [-0.05, 0) is 87.2 Å². The van der Waals surface area contributed by atoms with E-state index in [1.165, 1.54) is 205 Å². The molecule has 0 aliphatic carbocycles. The Kier molecular flexibility index (Phi) is 23.7. The number of hydrogen-bond donors (Lipinski definition) is 0. The minimum Gasteiger partial charge on any atom is -0.335 e. The van der Waals surface area contributed by atoms with Gasteiger partial charge in [0.05, 0.1) is 50.3 Å². The van der Waals surface area contributed by atoms with Gasteiger partial charge in [0.15, 0.2) is 0 Å². The number of aromatic nitrogens is 2. The molecule has 0 aliphatic heterocycles. The molecule has 0 aliphatic rings. The van der Waals surface area contributed by atoms with Crippen LogP contribution in [-0.2, 0) is 0 Å². The van der Waals surface area contributed by atoms with Crippen molar-refractivity contribution in [3.05, 3.63) is 40.4 Å². The van der Waals surface area contributed by atoms with Crippen LogP contribution in [0.3, 0.4) is 0 Å². The van der Waals surface area contributed by atoms with Crippen LogP contribution in [0.15, 0.2) is 40.4 Å². The highest BCUT2D eigenvalue weighted by molar-refractivity contribution is 7.40. The molecule has 0 unspecified atom stereocenters. The van der Waals surface area contributed by atoms with Crippen LogP contribution in [0.25, 0.3) is 59.7 Å². The van der Waals surface area contributed by atoms with Crippen molar-refractivity contribution in [2.24, 2.45) is 0 Å². The van der Waals surface area contributed by atoms with E-state index >= 15 is 0 Å². The summed E-state index contributed by atoms with van der Waals surface area (Å²) in [5.74, 6) is 0. The molecule has 9 heteroatoms. The van der Waals surface area contributed by atoms with E-state index in [1.807, 2.05) is 45.3 Å². The molecule has 0 bridgehead atoms. The van der Waals surface area contributed by atoms with Gasteiger partial charge in [-0.3, -0.25) is 0 Å². The lowest BCUT2D eigenvalue weighted by atomic mass is 9.99. The third kappa shape index (κ3) is 13.4. The van der Waals surface area contributed by atoms with Crippen molar-refractivity contribution in [2.75, 3.05) is 0 Å². The van der Waals surface area contributed by atoms with Crippen molar-refractivity contribution in [1.29, 1.82) is 0 Å². The predicted octanol–water partition coefficient (Wildman–Crippen LogP) is 25.2. The highest BCUT2D eigenvalue weighted by Gasteiger charge is 2.46. The summed E-state index contributed by atoms with van der Waals surface area (Å²) in [5.41, 5.74) is 8.46. The standard InChI is InChI=1S/C36H59NS3Si.C27H39NS3/c1-9-11-13-15-17-19-21-29(22-20-18-16-14-12-10-2)37-30-23-24-38-34(30)36-33(37)35-31(39-36)25-32(40-35)41(26(3)4,27(5)6)28(7)8;1-3-5-7-9-11-13-15-21(16-14-12-10-8-6-4-2)28-22-17-19-29-25(22)27-24(28)26-23(31-27)18-20-30-26/h23-29H,9-22H2,1-8H3;17-21H,3-16H2,1-2H3. The topological polar surface area (TPSA) is 9.86 Å². The average Bonchev–Trinajstić information content (AvgIpc) is 4.23. The van der Waals surface area contributed by atoms with Crippen LogP contribution >= 0.6 is 68.0 Å². The molecule has 8 heterocycles. The number of fused-ring (bicyclic) bond motifs is 10. The Labute approximate surface area is 463 Å². The second kappa shape index (κ2) is 29.3. The Morgan fingerprint density at radius 2 is 0.722 bits per heavy atom. The van der Waals surface area contributed by atoms with Crippen molar-refractivity contribution in [1.82, 2.24) is 9.13 Å². The third-order valence-electron chi connectivity index (χ3n) is 16.9. The Morgan fingerprint density at radius 3 is 1.12 bits per heavy atom. The van der Waals surface area contributed by atoms with Crippen LogP contribution in [0, 0.1) is 0 Å². The Balaban J connectivity index is 0.000000219. The van der Waals surface area contributed by atoms with E-state index < -0.39 is 8.07 Å².